The minimum atomic E-state index is -0.494. The number of nitrogens with zero attached hydrogens (tertiary/aromatic N) is 1. The van der Waals surface area contributed by atoms with Gasteiger partial charge in [0.25, 0.3) is 5.91 Å². The number of para-hydroxylation sites is 1. The molecule has 1 aliphatic heterocycles. The first kappa shape index (κ1) is 18.9. The zero-order valence-electron chi connectivity index (χ0n) is 15.6. The van der Waals surface area contributed by atoms with Crippen LogP contribution in [-0.4, -0.2) is 24.2 Å². The number of carbonyl (C=O) groups is 2. The number of benzene rings is 1. The van der Waals surface area contributed by atoms with Gasteiger partial charge in [0.2, 0.25) is 0 Å². The van der Waals surface area contributed by atoms with Gasteiger partial charge in [0.15, 0.2) is 0 Å². The van der Waals surface area contributed by atoms with Crippen LogP contribution in [0.2, 0.25) is 0 Å². The SMILES string of the molecule is CCOC(=O)C1CC(C(=O)Nc2c(C)cccc2CC)=C(C)N=C1C. The smallest absolute Gasteiger partial charge is 0.314 e. The summed E-state index contributed by atoms with van der Waals surface area (Å²) >= 11 is 0. The van der Waals surface area contributed by atoms with Crippen molar-refractivity contribution in [3.05, 3.63) is 40.6 Å². The van der Waals surface area contributed by atoms with Gasteiger partial charge < -0.3 is 10.1 Å². The lowest BCUT2D eigenvalue weighted by Gasteiger charge is -2.23. The number of aryl methyl sites for hydroxylation is 2. The van der Waals surface area contributed by atoms with Crippen molar-refractivity contribution in [2.45, 2.75) is 47.5 Å². The maximum Gasteiger partial charge on any atom is 0.314 e. The molecule has 25 heavy (non-hydrogen) atoms. The first-order valence-electron chi connectivity index (χ1n) is 8.70. The summed E-state index contributed by atoms with van der Waals surface area (Å²) in [5.74, 6) is -1.02. The monoisotopic (exact) mass is 342 g/mol. The van der Waals surface area contributed by atoms with Crippen LogP contribution < -0.4 is 5.32 Å². The molecule has 5 nitrogen and oxygen atoms in total. The molecule has 0 spiro atoms. The Balaban J connectivity index is 2.27. The summed E-state index contributed by atoms with van der Waals surface area (Å²) in [7, 11) is 0. The Kier molecular flexibility index (Phi) is 6.12. The molecule has 0 saturated carbocycles. The predicted octanol–water partition coefficient (Wildman–Crippen LogP) is 3.81. The van der Waals surface area contributed by atoms with Crippen LogP contribution in [0.25, 0.3) is 0 Å². The molecule has 0 saturated heterocycles. The second-order valence-corrected chi connectivity index (χ2v) is 6.24. The van der Waals surface area contributed by atoms with E-state index in [9.17, 15) is 9.59 Å². The summed E-state index contributed by atoms with van der Waals surface area (Å²) < 4.78 is 5.11. The molecule has 1 amide bonds. The van der Waals surface area contributed by atoms with E-state index in [1.807, 2.05) is 25.1 Å². The maximum atomic E-state index is 12.8. The second kappa shape index (κ2) is 8.10. The number of hydrogen-bond donors (Lipinski definition) is 1. The van der Waals surface area contributed by atoms with E-state index in [1.165, 1.54) is 0 Å². The lowest BCUT2D eigenvalue weighted by atomic mass is 9.90. The number of nitrogens with one attached hydrogen (secondary N) is 1. The molecule has 1 aromatic carbocycles. The Morgan fingerprint density at radius 2 is 1.96 bits per heavy atom. The van der Waals surface area contributed by atoms with E-state index in [2.05, 4.69) is 17.2 Å². The van der Waals surface area contributed by atoms with Gasteiger partial charge in [0, 0.05) is 22.7 Å². The van der Waals surface area contributed by atoms with Crippen molar-refractivity contribution in [3.8, 4) is 0 Å². The third-order valence-electron chi connectivity index (χ3n) is 4.52. The Labute approximate surface area is 149 Å². The van der Waals surface area contributed by atoms with Gasteiger partial charge in [-0.2, -0.15) is 0 Å². The number of carbonyl (C=O) groups excluding carboxylic acids is 2. The van der Waals surface area contributed by atoms with Crippen LogP contribution in [0, 0.1) is 12.8 Å². The third kappa shape index (κ3) is 4.16. The highest BCUT2D eigenvalue weighted by atomic mass is 16.5. The van der Waals surface area contributed by atoms with Crippen molar-refractivity contribution in [1.29, 1.82) is 0 Å². The highest BCUT2D eigenvalue weighted by Crippen LogP contribution is 2.28. The number of anilines is 1. The molecular formula is C20H26N2O3. The predicted molar refractivity (Wildman–Crippen MR) is 99.7 cm³/mol. The van der Waals surface area contributed by atoms with Crippen molar-refractivity contribution < 1.29 is 14.3 Å². The van der Waals surface area contributed by atoms with Crippen LogP contribution >= 0.6 is 0 Å². The van der Waals surface area contributed by atoms with Crippen LogP contribution in [-0.2, 0) is 20.7 Å². The third-order valence-corrected chi connectivity index (χ3v) is 4.52. The molecule has 0 radical (unpaired) electrons. The molecule has 0 aliphatic carbocycles. The summed E-state index contributed by atoms with van der Waals surface area (Å²) in [6.45, 7) is 9.72. The van der Waals surface area contributed by atoms with Crippen molar-refractivity contribution in [2.24, 2.45) is 10.9 Å². The van der Waals surface area contributed by atoms with Gasteiger partial charge in [-0.25, -0.2) is 0 Å². The summed E-state index contributed by atoms with van der Waals surface area (Å²) in [6.07, 6.45) is 1.15. The number of allylic oxidation sites excluding steroid dienone is 1. The van der Waals surface area contributed by atoms with Crippen LogP contribution in [0.1, 0.15) is 45.2 Å². The Hall–Kier alpha value is -2.43. The van der Waals surface area contributed by atoms with Crippen molar-refractivity contribution in [1.82, 2.24) is 0 Å². The minimum Gasteiger partial charge on any atom is -0.465 e. The average Bonchev–Trinajstić information content (AvgIpc) is 2.56. The van der Waals surface area contributed by atoms with Gasteiger partial charge in [0.05, 0.1) is 12.5 Å². The molecule has 2 rings (SSSR count). The van der Waals surface area contributed by atoms with Crippen LogP contribution in [0.5, 0.6) is 0 Å². The van der Waals surface area contributed by atoms with E-state index in [0.29, 0.717) is 30.0 Å². The van der Waals surface area contributed by atoms with E-state index >= 15 is 0 Å². The zero-order chi connectivity index (χ0) is 18.6. The lowest BCUT2D eigenvalue weighted by Crippen LogP contribution is -2.31. The van der Waals surface area contributed by atoms with Gasteiger partial charge in [-0.15, -0.1) is 0 Å². The molecule has 1 aliphatic rings. The van der Waals surface area contributed by atoms with E-state index in [1.54, 1.807) is 20.8 Å². The average molecular weight is 342 g/mol. The lowest BCUT2D eigenvalue weighted by molar-refractivity contribution is -0.145. The van der Waals surface area contributed by atoms with Gasteiger partial charge >= 0.3 is 5.97 Å². The maximum absolute atomic E-state index is 12.8. The molecule has 134 valence electrons. The highest BCUT2D eigenvalue weighted by Gasteiger charge is 2.31. The second-order valence-electron chi connectivity index (χ2n) is 6.24. The number of hydrogen-bond acceptors (Lipinski definition) is 4. The van der Waals surface area contributed by atoms with Gasteiger partial charge in [0.1, 0.15) is 0 Å². The molecule has 1 atom stereocenters. The zero-order valence-corrected chi connectivity index (χ0v) is 15.6. The first-order chi connectivity index (χ1) is 11.9. The highest BCUT2D eigenvalue weighted by molar-refractivity contribution is 6.09. The number of aliphatic imine (C=N–C) groups is 1. The molecule has 1 aromatic rings. The summed E-state index contributed by atoms with van der Waals surface area (Å²) in [4.78, 5) is 29.4. The molecule has 0 fully saturated rings. The first-order valence-corrected chi connectivity index (χ1v) is 8.70. The number of ether oxygens (including phenoxy) is 1. The fraction of sp³-hybridized carbons (Fsp3) is 0.450. The molecular weight excluding hydrogens is 316 g/mol. The quantitative estimate of drug-likeness (QED) is 0.827. The molecule has 1 unspecified atom stereocenters. The molecule has 1 N–H and O–H groups in total. The number of amides is 1. The van der Waals surface area contributed by atoms with Crippen LogP contribution in [0.15, 0.2) is 34.5 Å². The Morgan fingerprint density at radius 1 is 1.24 bits per heavy atom. The van der Waals surface area contributed by atoms with Crippen LogP contribution in [0.4, 0.5) is 5.69 Å². The van der Waals surface area contributed by atoms with Crippen LogP contribution in [0.3, 0.4) is 0 Å². The normalized spacial score (nSPS) is 17.2. The Bertz CT molecular complexity index is 747. The largest absolute Gasteiger partial charge is 0.465 e. The molecule has 1 heterocycles. The number of esters is 1. The fourth-order valence-corrected chi connectivity index (χ4v) is 3.05. The fourth-order valence-electron chi connectivity index (χ4n) is 3.05. The Morgan fingerprint density at radius 3 is 2.60 bits per heavy atom. The van der Waals surface area contributed by atoms with E-state index in [0.717, 1.165) is 23.2 Å². The van der Waals surface area contributed by atoms with Gasteiger partial charge in [-0.1, -0.05) is 25.1 Å². The minimum absolute atomic E-state index is 0.202. The molecule has 0 aromatic heterocycles. The summed E-state index contributed by atoms with van der Waals surface area (Å²) in [6, 6.07) is 5.97. The van der Waals surface area contributed by atoms with Crippen molar-refractivity contribution in [3.63, 3.8) is 0 Å². The summed E-state index contributed by atoms with van der Waals surface area (Å²) in [5, 5.41) is 3.02. The van der Waals surface area contributed by atoms with Crippen molar-refractivity contribution in [2.75, 3.05) is 11.9 Å². The number of rotatable bonds is 5. The summed E-state index contributed by atoms with van der Waals surface area (Å²) in [5.41, 5.74) is 4.83. The molecule has 5 heteroatoms. The van der Waals surface area contributed by atoms with Crippen molar-refractivity contribution >= 4 is 23.3 Å². The van der Waals surface area contributed by atoms with Gasteiger partial charge in [-0.3, -0.25) is 14.6 Å². The van der Waals surface area contributed by atoms with E-state index in [4.69, 9.17) is 4.74 Å². The standard InChI is InChI=1S/C20H26N2O3/c1-6-15-10-8-9-12(3)18(15)22-19(23)16-11-17(20(24)25-7-2)14(5)21-13(16)4/h8-10,17H,6-7,11H2,1-5H3,(H,22,23). The van der Waals surface area contributed by atoms with E-state index in [-0.39, 0.29) is 11.9 Å². The topological polar surface area (TPSA) is 67.8 Å². The molecule has 0 bridgehead atoms. The van der Waals surface area contributed by atoms with E-state index < -0.39 is 5.92 Å². The van der Waals surface area contributed by atoms with Gasteiger partial charge in [-0.05, 0) is 51.7 Å².